The standard InChI is InChI=1S/C17H23FO2/c1-17(2,16(19)20)11-12-8-9-14(15(18)10-12)13-6-4-3-5-7-13/h8-10,13H,3-7,11H2,1-2H3,(H,19,20). The Morgan fingerprint density at radius 2 is 1.95 bits per heavy atom. The quantitative estimate of drug-likeness (QED) is 0.878. The maximum Gasteiger partial charge on any atom is 0.309 e. The fraction of sp³-hybridized carbons (Fsp3) is 0.588. The van der Waals surface area contributed by atoms with E-state index in [9.17, 15) is 9.18 Å². The van der Waals surface area contributed by atoms with Gasteiger partial charge < -0.3 is 5.11 Å². The van der Waals surface area contributed by atoms with E-state index in [1.807, 2.05) is 12.1 Å². The largest absolute Gasteiger partial charge is 0.481 e. The van der Waals surface area contributed by atoms with Gasteiger partial charge in [0.2, 0.25) is 0 Å². The van der Waals surface area contributed by atoms with Crippen molar-refractivity contribution in [2.24, 2.45) is 5.41 Å². The Labute approximate surface area is 120 Å². The minimum absolute atomic E-state index is 0.171. The summed E-state index contributed by atoms with van der Waals surface area (Å²) in [6.07, 6.45) is 6.09. The molecule has 1 N–H and O–H groups in total. The smallest absolute Gasteiger partial charge is 0.309 e. The van der Waals surface area contributed by atoms with Crippen LogP contribution in [-0.2, 0) is 11.2 Å². The molecule has 0 bridgehead atoms. The van der Waals surface area contributed by atoms with E-state index in [2.05, 4.69) is 0 Å². The van der Waals surface area contributed by atoms with Gasteiger partial charge in [0.15, 0.2) is 0 Å². The number of rotatable bonds is 4. The lowest BCUT2D eigenvalue weighted by molar-refractivity contribution is -0.146. The average molecular weight is 278 g/mol. The van der Waals surface area contributed by atoms with Gasteiger partial charge >= 0.3 is 5.97 Å². The number of halogens is 1. The predicted octanol–water partition coefficient (Wildman–Crippen LogP) is 4.53. The van der Waals surface area contributed by atoms with Gasteiger partial charge in [-0.05, 0) is 56.2 Å². The Hall–Kier alpha value is -1.38. The molecule has 20 heavy (non-hydrogen) atoms. The maximum atomic E-state index is 14.3. The third kappa shape index (κ3) is 3.38. The van der Waals surface area contributed by atoms with Gasteiger partial charge in [0.1, 0.15) is 5.82 Å². The molecule has 1 aromatic carbocycles. The van der Waals surface area contributed by atoms with Crippen LogP contribution in [0.4, 0.5) is 4.39 Å². The summed E-state index contributed by atoms with van der Waals surface area (Å²) < 4.78 is 14.3. The number of carboxylic acid groups (broad SMARTS) is 1. The van der Waals surface area contributed by atoms with Crippen LogP contribution < -0.4 is 0 Å². The molecule has 1 aliphatic carbocycles. The number of benzene rings is 1. The SMILES string of the molecule is CC(C)(Cc1ccc(C2CCCCC2)c(F)c1)C(=O)O. The molecule has 0 unspecified atom stereocenters. The lowest BCUT2D eigenvalue weighted by Crippen LogP contribution is -2.26. The van der Waals surface area contributed by atoms with Crippen molar-refractivity contribution in [3.05, 3.63) is 35.1 Å². The van der Waals surface area contributed by atoms with E-state index in [1.54, 1.807) is 13.8 Å². The second kappa shape index (κ2) is 5.94. The fourth-order valence-corrected chi connectivity index (χ4v) is 3.01. The molecule has 0 aliphatic heterocycles. The van der Waals surface area contributed by atoms with Gasteiger partial charge in [-0.15, -0.1) is 0 Å². The molecule has 2 rings (SSSR count). The summed E-state index contributed by atoms with van der Waals surface area (Å²) in [6.45, 7) is 3.34. The average Bonchev–Trinajstić information content (AvgIpc) is 2.39. The van der Waals surface area contributed by atoms with Gasteiger partial charge in [-0.3, -0.25) is 4.79 Å². The van der Waals surface area contributed by atoms with Crippen molar-refractivity contribution in [3.8, 4) is 0 Å². The van der Waals surface area contributed by atoms with E-state index >= 15 is 0 Å². The molecule has 0 heterocycles. The maximum absolute atomic E-state index is 14.3. The van der Waals surface area contributed by atoms with Crippen molar-refractivity contribution in [1.82, 2.24) is 0 Å². The molecule has 0 spiro atoms. The monoisotopic (exact) mass is 278 g/mol. The summed E-state index contributed by atoms with van der Waals surface area (Å²) in [7, 11) is 0. The molecule has 3 heteroatoms. The first-order valence-electron chi connectivity index (χ1n) is 7.42. The van der Waals surface area contributed by atoms with Crippen LogP contribution >= 0.6 is 0 Å². The zero-order valence-corrected chi connectivity index (χ0v) is 12.3. The highest BCUT2D eigenvalue weighted by atomic mass is 19.1. The fourth-order valence-electron chi connectivity index (χ4n) is 3.01. The molecule has 0 saturated heterocycles. The van der Waals surface area contributed by atoms with Crippen molar-refractivity contribution in [3.63, 3.8) is 0 Å². The van der Waals surface area contributed by atoms with Crippen LogP contribution in [-0.4, -0.2) is 11.1 Å². The summed E-state index contributed by atoms with van der Waals surface area (Å²) in [6, 6.07) is 5.27. The zero-order chi connectivity index (χ0) is 14.8. The Morgan fingerprint density at radius 1 is 1.30 bits per heavy atom. The summed E-state index contributed by atoms with van der Waals surface area (Å²) >= 11 is 0. The molecule has 0 radical (unpaired) electrons. The molecule has 1 aliphatic rings. The molecular weight excluding hydrogens is 255 g/mol. The van der Waals surface area contributed by atoms with E-state index < -0.39 is 11.4 Å². The number of carbonyl (C=O) groups is 1. The van der Waals surface area contributed by atoms with Gasteiger partial charge in [0, 0.05) is 0 Å². The van der Waals surface area contributed by atoms with Crippen LogP contribution in [0.2, 0.25) is 0 Å². The van der Waals surface area contributed by atoms with Crippen LogP contribution in [0.1, 0.15) is 63.0 Å². The number of hydrogen-bond donors (Lipinski definition) is 1. The van der Waals surface area contributed by atoms with Crippen LogP contribution in [0.5, 0.6) is 0 Å². The van der Waals surface area contributed by atoms with Gasteiger partial charge in [0.05, 0.1) is 5.41 Å². The first-order chi connectivity index (χ1) is 9.40. The summed E-state index contributed by atoms with van der Waals surface area (Å²) in [5.41, 5.74) is 0.703. The van der Waals surface area contributed by atoms with Crippen molar-refractivity contribution in [1.29, 1.82) is 0 Å². The second-order valence-electron chi connectivity index (χ2n) is 6.56. The molecule has 1 saturated carbocycles. The topological polar surface area (TPSA) is 37.3 Å². The summed E-state index contributed by atoms with van der Waals surface area (Å²) in [4.78, 5) is 11.1. The van der Waals surface area contributed by atoms with Crippen LogP contribution in [0.15, 0.2) is 18.2 Å². The first kappa shape index (κ1) is 15.0. The van der Waals surface area contributed by atoms with Crippen LogP contribution in [0, 0.1) is 11.2 Å². The first-order valence-corrected chi connectivity index (χ1v) is 7.42. The van der Waals surface area contributed by atoms with E-state index in [0.29, 0.717) is 12.3 Å². The second-order valence-corrected chi connectivity index (χ2v) is 6.56. The molecule has 0 amide bonds. The lowest BCUT2D eigenvalue weighted by atomic mass is 9.82. The number of aliphatic carboxylic acids is 1. The highest BCUT2D eigenvalue weighted by Gasteiger charge is 2.28. The third-order valence-electron chi connectivity index (χ3n) is 4.33. The Morgan fingerprint density at radius 3 is 2.50 bits per heavy atom. The lowest BCUT2D eigenvalue weighted by Gasteiger charge is -2.23. The van der Waals surface area contributed by atoms with E-state index in [0.717, 1.165) is 24.0 Å². The molecule has 1 aromatic rings. The molecule has 0 atom stereocenters. The van der Waals surface area contributed by atoms with Crippen LogP contribution in [0.3, 0.4) is 0 Å². The van der Waals surface area contributed by atoms with Crippen LogP contribution in [0.25, 0.3) is 0 Å². The highest BCUT2D eigenvalue weighted by molar-refractivity contribution is 5.74. The van der Waals surface area contributed by atoms with Crippen molar-refractivity contribution < 1.29 is 14.3 Å². The van der Waals surface area contributed by atoms with Gasteiger partial charge in [0.25, 0.3) is 0 Å². The van der Waals surface area contributed by atoms with E-state index in [-0.39, 0.29) is 5.82 Å². The summed E-state index contributed by atoms with van der Waals surface area (Å²) in [5.74, 6) is -0.685. The van der Waals surface area contributed by atoms with Gasteiger partial charge in [-0.2, -0.15) is 0 Å². The molecule has 110 valence electrons. The van der Waals surface area contributed by atoms with E-state index in [1.165, 1.54) is 25.3 Å². The van der Waals surface area contributed by atoms with Crippen molar-refractivity contribution >= 4 is 5.97 Å². The van der Waals surface area contributed by atoms with E-state index in [4.69, 9.17) is 5.11 Å². The zero-order valence-electron chi connectivity index (χ0n) is 12.3. The molecule has 2 nitrogen and oxygen atoms in total. The number of carboxylic acids is 1. The predicted molar refractivity (Wildman–Crippen MR) is 77.3 cm³/mol. The van der Waals surface area contributed by atoms with Gasteiger partial charge in [-0.1, -0.05) is 31.4 Å². The Bertz CT molecular complexity index is 488. The Kier molecular flexibility index (Phi) is 4.46. The van der Waals surface area contributed by atoms with Gasteiger partial charge in [-0.25, -0.2) is 4.39 Å². The minimum Gasteiger partial charge on any atom is -0.481 e. The highest BCUT2D eigenvalue weighted by Crippen LogP contribution is 2.34. The Balaban J connectivity index is 2.15. The normalized spacial score (nSPS) is 17.1. The molecule has 0 aromatic heterocycles. The van der Waals surface area contributed by atoms with Crippen molar-refractivity contribution in [2.75, 3.05) is 0 Å². The molecule has 1 fully saturated rings. The number of hydrogen-bond acceptors (Lipinski definition) is 1. The summed E-state index contributed by atoms with van der Waals surface area (Å²) in [5, 5.41) is 9.14. The molecular formula is C17H23FO2. The van der Waals surface area contributed by atoms with Crippen molar-refractivity contribution in [2.45, 2.75) is 58.3 Å². The third-order valence-corrected chi connectivity index (χ3v) is 4.33. The minimum atomic E-state index is -0.862.